The molecule has 0 unspecified atom stereocenters. The lowest BCUT2D eigenvalue weighted by atomic mass is 9.94. The van der Waals surface area contributed by atoms with Crippen molar-refractivity contribution >= 4 is 11.7 Å². The summed E-state index contributed by atoms with van der Waals surface area (Å²) < 4.78 is 42.7. The topological polar surface area (TPSA) is 59.8 Å². The van der Waals surface area contributed by atoms with Gasteiger partial charge < -0.3 is 5.32 Å². The maximum atomic E-state index is 14.1. The van der Waals surface area contributed by atoms with Crippen LogP contribution in [0.2, 0.25) is 0 Å². The van der Waals surface area contributed by atoms with E-state index in [1.54, 1.807) is 18.2 Å². The Labute approximate surface area is 146 Å². The summed E-state index contributed by atoms with van der Waals surface area (Å²) in [5.74, 6) is -4.51. The Hall–Kier alpha value is -3.16. The molecular weight excluding hydrogens is 345 g/mol. The van der Waals surface area contributed by atoms with Crippen LogP contribution in [0.3, 0.4) is 0 Å². The Balaban J connectivity index is 1.59. The van der Waals surface area contributed by atoms with Gasteiger partial charge in [0.25, 0.3) is 5.92 Å². The second kappa shape index (κ2) is 5.69. The molecule has 1 aliphatic rings. The van der Waals surface area contributed by atoms with Gasteiger partial charge in [-0.3, -0.25) is 4.79 Å². The number of nitrogens with zero attached hydrogens (tertiary/aromatic N) is 3. The van der Waals surface area contributed by atoms with Crippen molar-refractivity contribution in [1.82, 2.24) is 14.8 Å². The van der Waals surface area contributed by atoms with Gasteiger partial charge in [-0.05, 0) is 11.6 Å². The van der Waals surface area contributed by atoms with Crippen molar-refractivity contribution in [3.8, 4) is 5.69 Å². The van der Waals surface area contributed by atoms with Crippen LogP contribution in [-0.2, 0) is 10.2 Å². The van der Waals surface area contributed by atoms with Crippen LogP contribution in [0, 0.1) is 5.95 Å². The zero-order chi connectivity index (χ0) is 18.4. The van der Waals surface area contributed by atoms with Gasteiger partial charge in [-0.25, -0.2) is 18.4 Å². The fraction of sp³-hybridized carbons (Fsp3) is 0.167. The van der Waals surface area contributed by atoms with E-state index in [4.69, 9.17) is 0 Å². The van der Waals surface area contributed by atoms with Crippen LogP contribution < -0.4 is 5.32 Å². The van der Waals surface area contributed by atoms with Gasteiger partial charge in [0, 0.05) is 30.9 Å². The van der Waals surface area contributed by atoms with Crippen LogP contribution in [0.5, 0.6) is 0 Å². The van der Waals surface area contributed by atoms with E-state index in [9.17, 15) is 18.0 Å². The molecule has 1 saturated carbocycles. The fourth-order valence-electron chi connectivity index (χ4n) is 2.99. The first-order chi connectivity index (χ1) is 12.4. The van der Waals surface area contributed by atoms with Gasteiger partial charge in [0.1, 0.15) is 5.41 Å². The van der Waals surface area contributed by atoms with E-state index in [-0.39, 0.29) is 11.4 Å². The van der Waals surface area contributed by atoms with E-state index in [0.717, 1.165) is 0 Å². The van der Waals surface area contributed by atoms with Crippen molar-refractivity contribution in [2.24, 2.45) is 0 Å². The summed E-state index contributed by atoms with van der Waals surface area (Å²) in [7, 11) is 0. The van der Waals surface area contributed by atoms with Crippen molar-refractivity contribution < 1.29 is 18.0 Å². The predicted molar refractivity (Wildman–Crippen MR) is 87.6 cm³/mol. The average molecular weight is 358 g/mol. The number of benzene rings is 1. The smallest absolute Gasteiger partial charge is 0.268 e. The van der Waals surface area contributed by atoms with E-state index >= 15 is 0 Å². The zero-order valence-corrected chi connectivity index (χ0v) is 13.4. The first kappa shape index (κ1) is 16.3. The van der Waals surface area contributed by atoms with Crippen LogP contribution in [0.1, 0.15) is 12.0 Å². The first-order valence-corrected chi connectivity index (χ1v) is 7.85. The van der Waals surface area contributed by atoms with E-state index in [0.29, 0.717) is 5.69 Å². The number of hydrogen-bond acceptors (Lipinski definition) is 3. The molecule has 0 bridgehead atoms. The standard InChI is InChI=1S/C18H13F3N4O/c19-14-10-13(6-8-22-14)25-9-7-15(24-25)23-16(26)17(11-18(17,20)21)12-4-2-1-3-5-12/h1-10H,11H2,(H,23,24,26)/t17-/m1/s1. The fourth-order valence-corrected chi connectivity index (χ4v) is 2.99. The third-order valence-electron chi connectivity index (χ3n) is 4.45. The molecule has 1 amide bonds. The molecule has 1 aliphatic carbocycles. The minimum Gasteiger partial charge on any atom is -0.308 e. The van der Waals surface area contributed by atoms with Crippen molar-refractivity contribution in [3.63, 3.8) is 0 Å². The lowest BCUT2D eigenvalue weighted by Crippen LogP contribution is -2.33. The summed E-state index contributed by atoms with van der Waals surface area (Å²) in [5, 5.41) is 6.53. The van der Waals surface area contributed by atoms with E-state index in [1.165, 1.54) is 47.4 Å². The van der Waals surface area contributed by atoms with E-state index < -0.39 is 29.6 Å². The van der Waals surface area contributed by atoms with Gasteiger partial charge in [-0.15, -0.1) is 0 Å². The molecule has 0 spiro atoms. The van der Waals surface area contributed by atoms with Crippen molar-refractivity contribution in [1.29, 1.82) is 0 Å². The summed E-state index contributed by atoms with van der Waals surface area (Å²) in [6, 6.07) is 12.1. The number of carbonyl (C=O) groups excluding carboxylic acids is 1. The molecule has 2 aromatic heterocycles. The molecule has 3 aromatic rings. The summed E-state index contributed by atoms with van der Waals surface area (Å²) in [4.78, 5) is 16.1. The maximum Gasteiger partial charge on any atom is 0.268 e. The highest BCUT2D eigenvalue weighted by atomic mass is 19.3. The molecule has 0 radical (unpaired) electrons. The van der Waals surface area contributed by atoms with Crippen molar-refractivity contribution in [2.45, 2.75) is 17.8 Å². The molecule has 2 heterocycles. The molecule has 1 atom stereocenters. The predicted octanol–water partition coefficient (Wildman–Crippen LogP) is 3.32. The molecule has 8 heteroatoms. The Morgan fingerprint density at radius 3 is 2.54 bits per heavy atom. The Bertz CT molecular complexity index is 973. The molecule has 132 valence electrons. The lowest BCUT2D eigenvalue weighted by Gasteiger charge is -2.15. The number of alkyl halides is 2. The third kappa shape index (κ3) is 2.54. The molecule has 26 heavy (non-hydrogen) atoms. The van der Waals surface area contributed by atoms with Crippen LogP contribution in [0.25, 0.3) is 5.69 Å². The number of pyridine rings is 1. The molecule has 0 saturated heterocycles. The summed E-state index contributed by atoms with van der Waals surface area (Å²) >= 11 is 0. The number of aromatic nitrogens is 3. The number of anilines is 1. The second-order valence-electron chi connectivity index (χ2n) is 6.09. The maximum absolute atomic E-state index is 14.1. The van der Waals surface area contributed by atoms with Crippen LogP contribution >= 0.6 is 0 Å². The van der Waals surface area contributed by atoms with Gasteiger partial charge in [-0.1, -0.05) is 30.3 Å². The molecule has 0 aliphatic heterocycles. The normalized spacial score (nSPS) is 20.6. The molecule has 1 aromatic carbocycles. The highest BCUT2D eigenvalue weighted by molar-refractivity contribution is 6.02. The Kier molecular flexibility index (Phi) is 3.57. The highest BCUT2D eigenvalue weighted by Gasteiger charge is 2.76. The number of hydrogen-bond donors (Lipinski definition) is 1. The van der Waals surface area contributed by atoms with Gasteiger partial charge in [0.15, 0.2) is 5.82 Å². The molecule has 5 nitrogen and oxygen atoms in total. The molecule has 4 rings (SSSR count). The summed E-state index contributed by atoms with van der Waals surface area (Å²) in [6.07, 6.45) is 2.22. The second-order valence-corrected chi connectivity index (χ2v) is 6.09. The number of nitrogens with one attached hydrogen (secondary N) is 1. The lowest BCUT2D eigenvalue weighted by molar-refractivity contribution is -0.121. The monoisotopic (exact) mass is 358 g/mol. The van der Waals surface area contributed by atoms with E-state index in [1.807, 2.05) is 0 Å². The first-order valence-electron chi connectivity index (χ1n) is 7.85. The third-order valence-corrected chi connectivity index (χ3v) is 4.45. The highest BCUT2D eigenvalue weighted by Crippen LogP contribution is 2.62. The SMILES string of the molecule is O=C(Nc1ccn(-c2ccnc(F)c2)n1)[C@]1(c2ccccc2)CC1(F)F. The summed E-state index contributed by atoms with van der Waals surface area (Å²) in [6.45, 7) is 0. The van der Waals surface area contributed by atoms with Gasteiger partial charge >= 0.3 is 0 Å². The van der Waals surface area contributed by atoms with Crippen LogP contribution in [0.4, 0.5) is 19.0 Å². The number of rotatable bonds is 4. The van der Waals surface area contributed by atoms with Gasteiger partial charge in [0.05, 0.1) is 5.69 Å². The molecule has 1 N–H and O–H groups in total. The molecular formula is C18H13F3N4O. The largest absolute Gasteiger partial charge is 0.308 e. The van der Waals surface area contributed by atoms with Crippen LogP contribution in [-0.4, -0.2) is 26.6 Å². The number of halogens is 3. The summed E-state index contributed by atoms with van der Waals surface area (Å²) in [5.41, 5.74) is -1.23. The number of amides is 1. The van der Waals surface area contributed by atoms with Crippen LogP contribution in [0.15, 0.2) is 60.9 Å². The van der Waals surface area contributed by atoms with Gasteiger partial charge in [0.2, 0.25) is 11.9 Å². The van der Waals surface area contributed by atoms with Gasteiger partial charge in [-0.2, -0.15) is 9.49 Å². The minimum atomic E-state index is -3.12. The van der Waals surface area contributed by atoms with E-state index in [2.05, 4.69) is 15.4 Å². The van der Waals surface area contributed by atoms with Crippen molar-refractivity contribution in [3.05, 3.63) is 72.4 Å². The van der Waals surface area contributed by atoms with Crippen molar-refractivity contribution in [2.75, 3.05) is 5.32 Å². The average Bonchev–Trinajstić information content (AvgIpc) is 2.98. The molecule has 1 fully saturated rings. The Morgan fingerprint density at radius 1 is 1.15 bits per heavy atom. The Morgan fingerprint density at radius 2 is 1.88 bits per heavy atom. The quantitative estimate of drug-likeness (QED) is 0.728. The number of carbonyl (C=O) groups is 1. The minimum absolute atomic E-state index is 0.102. The zero-order valence-electron chi connectivity index (χ0n) is 13.4.